The Morgan fingerprint density at radius 2 is 1.88 bits per heavy atom. The van der Waals surface area contributed by atoms with Crippen LogP contribution < -0.4 is 9.81 Å². The van der Waals surface area contributed by atoms with Crippen molar-refractivity contribution in [2.45, 2.75) is 5.51 Å². The molecule has 0 fully saturated rings. The maximum absolute atomic E-state index is 12.4. The summed E-state index contributed by atoms with van der Waals surface area (Å²) in [7, 11) is -5.82. The van der Waals surface area contributed by atoms with Crippen LogP contribution in [0, 0.1) is 0 Å². The number of hydrogen-bond acceptors (Lipinski definition) is 6. The largest absolute Gasteiger partial charge is 0.534 e. The Balaban J connectivity index is 2.13. The van der Waals surface area contributed by atoms with Gasteiger partial charge in [-0.2, -0.15) is 21.6 Å². The zero-order valence-electron chi connectivity index (χ0n) is 12.1. The van der Waals surface area contributed by atoms with Crippen molar-refractivity contribution < 1.29 is 30.2 Å². The summed E-state index contributed by atoms with van der Waals surface area (Å²) < 4.78 is 68.3. The van der Waals surface area contributed by atoms with Crippen molar-refractivity contribution in [2.75, 3.05) is 0 Å². The summed E-state index contributed by atoms with van der Waals surface area (Å²) in [5, 5.41) is 0.379. The molecule has 0 atom stereocenters. The molecule has 0 N–H and O–H groups in total. The molecule has 0 aliphatic heterocycles. The van der Waals surface area contributed by atoms with Gasteiger partial charge >= 0.3 is 21.3 Å². The van der Waals surface area contributed by atoms with E-state index in [9.17, 15) is 26.4 Å². The van der Waals surface area contributed by atoms with E-state index in [4.69, 9.17) is 4.42 Å². The number of alkyl halides is 3. The fraction of sp³-hybridized carbons (Fsp3) is 0.0667. The van der Waals surface area contributed by atoms with Gasteiger partial charge in [-0.05, 0) is 18.2 Å². The van der Waals surface area contributed by atoms with Gasteiger partial charge in [-0.15, -0.1) is 0 Å². The van der Waals surface area contributed by atoms with Gasteiger partial charge < -0.3 is 8.60 Å². The predicted octanol–water partition coefficient (Wildman–Crippen LogP) is 3.08. The highest BCUT2D eigenvalue weighted by molar-refractivity contribution is 7.88. The van der Waals surface area contributed by atoms with E-state index in [1.165, 1.54) is 24.5 Å². The van der Waals surface area contributed by atoms with E-state index in [1.807, 2.05) is 0 Å². The third-order valence-corrected chi connectivity index (χ3v) is 4.16. The molecule has 3 rings (SSSR count). The maximum Gasteiger partial charge on any atom is 0.534 e. The van der Waals surface area contributed by atoms with Gasteiger partial charge in [0.05, 0.1) is 0 Å². The Bertz CT molecular complexity index is 1090. The van der Waals surface area contributed by atoms with Crippen LogP contribution in [0.3, 0.4) is 0 Å². The quantitative estimate of drug-likeness (QED) is 0.400. The SMILES string of the molecule is O=c1cc(-c2cccnc2)c2ccc(OS(=O)(=O)C(F)(F)F)cc2o1. The Morgan fingerprint density at radius 1 is 1.12 bits per heavy atom. The second-order valence-corrected chi connectivity index (χ2v) is 6.40. The van der Waals surface area contributed by atoms with E-state index < -0.39 is 27.0 Å². The summed E-state index contributed by atoms with van der Waals surface area (Å²) in [4.78, 5) is 15.6. The van der Waals surface area contributed by atoms with Gasteiger partial charge in [0.1, 0.15) is 11.3 Å². The van der Waals surface area contributed by atoms with Crippen molar-refractivity contribution in [1.82, 2.24) is 4.98 Å². The van der Waals surface area contributed by atoms with Crippen LogP contribution in [0.25, 0.3) is 22.1 Å². The second kappa shape index (κ2) is 5.88. The van der Waals surface area contributed by atoms with Gasteiger partial charge in [-0.1, -0.05) is 6.07 Å². The van der Waals surface area contributed by atoms with Crippen molar-refractivity contribution in [3.8, 4) is 16.9 Å². The van der Waals surface area contributed by atoms with Crippen LogP contribution in [0.1, 0.15) is 0 Å². The second-order valence-electron chi connectivity index (χ2n) is 4.86. The van der Waals surface area contributed by atoms with Crippen LogP contribution in [-0.4, -0.2) is 18.9 Å². The lowest BCUT2D eigenvalue weighted by Gasteiger charge is -2.10. The summed E-state index contributed by atoms with van der Waals surface area (Å²) in [6, 6.07) is 7.75. The maximum atomic E-state index is 12.4. The summed E-state index contributed by atoms with van der Waals surface area (Å²) in [5.41, 5.74) is -5.44. The van der Waals surface area contributed by atoms with Crippen molar-refractivity contribution in [3.05, 3.63) is 59.2 Å². The van der Waals surface area contributed by atoms with Gasteiger partial charge in [-0.25, -0.2) is 4.79 Å². The molecule has 0 saturated heterocycles. The molecule has 0 unspecified atom stereocenters. The topological polar surface area (TPSA) is 86.5 Å². The van der Waals surface area contributed by atoms with Gasteiger partial charge in [0, 0.05) is 41.0 Å². The number of benzene rings is 1. The van der Waals surface area contributed by atoms with E-state index >= 15 is 0 Å². The van der Waals surface area contributed by atoms with Gasteiger partial charge in [0.15, 0.2) is 0 Å². The summed E-state index contributed by atoms with van der Waals surface area (Å²) in [6.07, 6.45) is 3.03. The first-order chi connectivity index (χ1) is 11.7. The Hall–Kier alpha value is -2.88. The van der Waals surface area contributed by atoms with Crippen LogP contribution in [0.4, 0.5) is 13.2 Å². The molecule has 0 amide bonds. The molecule has 0 aliphatic carbocycles. The lowest BCUT2D eigenvalue weighted by Crippen LogP contribution is -2.28. The van der Waals surface area contributed by atoms with Gasteiger partial charge in [0.2, 0.25) is 0 Å². The molecule has 0 bridgehead atoms. The average molecular weight is 371 g/mol. The minimum absolute atomic E-state index is 0.124. The highest BCUT2D eigenvalue weighted by Crippen LogP contribution is 2.31. The number of fused-ring (bicyclic) bond motifs is 1. The lowest BCUT2D eigenvalue weighted by atomic mass is 10.0. The van der Waals surface area contributed by atoms with E-state index in [0.29, 0.717) is 16.5 Å². The van der Waals surface area contributed by atoms with Gasteiger partial charge in [0.25, 0.3) is 0 Å². The van der Waals surface area contributed by atoms with E-state index in [1.54, 1.807) is 12.1 Å². The third kappa shape index (κ3) is 3.33. The number of nitrogens with zero attached hydrogens (tertiary/aromatic N) is 1. The number of halogens is 3. The van der Waals surface area contributed by atoms with Crippen LogP contribution in [-0.2, 0) is 10.1 Å². The fourth-order valence-electron chi connectivity index (χ4n) is 2.13. The Morgan fingerprint density at radius 3 is 2.52 bits per heavy atom. The molecule has 0 spiro atoms. The summed E-state index contributed by atoms with van der Waals surface area (Å²) in [6.45, 7) is 0. The summed E-state index contributed by atoms with van der Waals surface area (Å²) in [5.74, 6) is -0.628. The number of rotatable bonds is 3. The molecule has 10 heteroatoms. The van der Waals surface area contributed by atoms with E-state index in [2.05, 4.69) is 9.17 Å². The molecule has 130 valence electrons. The van der Waals surface area contributed by atoms with Gasteiger partial charge in [-0.3, -0.25) is 4.98 Å². The normalized spacial score (nSPS) is 12.3. The average Bonchev–Trinajstić information content (AvgIpc) is 2.53. The fourth-order valence-corrected chi connectivity index (χ4v) is 2.58. The molecule has 0 radical (unpaired) electrons. The highest BCUT2D eigenvalue weighted by Gasteiger charge is 2.48. The molecule has 0 saturated carbocycles. The highest BCUT2D eigenvalue weighted by atomic mass is 32.2. The van der Waals surface area contributed by atoms with Crippen LogP contribution in [0.2, 0.25) is 0 Å². The van der Waals surface area contributed by atoms with E-state index in [0.717, 1.165) is 12.1 Å². The molecule has 6 nitrogen and oxygen atoms in total. The number of pyridine rings is 1. The molecule has 3 aromatic rings. The number of aromatic nitrogens is 1. The standard InChI is InChI=1S/C15H8F3NO5S/c16-15(17,18)25(21,22)24-10-3-4-11-12(9-2-1-5-19-8-9)7-14(20)23-13(11)6-10/h1-8H. The molecular formula is C15H8F3NO5S. The lowest BCUT2D eigenvalue weighted by molar-refractivity contribution is -0.0500. The van der Waals surface area contributed by atoms with Crippen LogP contribution in [0.15, 0.2) is 58.0 Å². The van der Waals surface area contributed by atoms with Crippen molar-refractivity contribution >= 4 is 21.1 Å². The van der Waals surface area contributed by atoms with Crippen molar-refractivity contribution in [1.29, 1.82) is 0 Å². The molecule has 0 aliphatic rings. The molecule has 1 aromatic carbocycles. The summed E-state index contributed by atoms with van der Waals surface area (Å²) >= 11 is 0. The third-order valence-electron chi connectivity index (χ3n) is 3.18. The minimum Gasteiger partial charge on any atom is -0.423 e. The molecule has 2 aromatic heterocycles. The van der Waals surface area contributed by atoms with Crippen LogP contribution in [0.5, 0.6) is 5.75 Å². The zero-order chi connectivity index (χ0) is 18.2. The Kier molecular flexibility index (Phi) is 3.99. The first kappa shape index (κ1) is 17.0. The van der Waals surface area contributed by atoms with E-state index in [-0.39, 0.29) is 5.58 Å². The Labute approximate surface area is 138 Å². The van der Waals surface area contributed by atoms with Crippen molar-refractivity contribution in [2.24, 2.45) is 0 Å². The number of hydrogen-bond donors (Lipinski definition) is 0. The molecule has 25 heavy (non-hydrogen) atoms. The first-order valence-electron chi connectivity index (χ1n) is 6.66. The smallest absolute Gasteiger partial charge is 0.423 e. The zero-order valence-corrected chi connectivity index (χ0v) is 13.0. The molecule has 2 heterocycles. The van der Waals surface area contributed by atoms with Crippen LogP contribution >= 0.6 is 0 Å². The molecular weight excluding hydrogens is 363 g/mol. The predicted molar refractivity (Wildman–Crippen MR) is 81.3 cm³/mol. The van der Waals surface area contributed by atoms with Crippen molar-refractivity contribution in [3.63, 3.8) is 0 Å². The minimum atomic E-state index is -5.82. The first-order valence-corrected chi connectivity index (χ1v) is 8.07. The monoisotopic (exact) mass is 371 g/mol.